The van der Waals surface area contributed by atoms with Gasteiger partial charge in [-0.1, -0.05) is 23.7 Å². The van der Waals surface area contributed by atoms with E-state index in [4.69, 9.17) is 16.3 Å². The lowest BCUT2D eigenvalue weighted by Gasteiger charge is -2.05. The highest BCUT2D eigenvalue weighted by Crippen LogP contribution is 2.36. The van der Waals surface area contributed by atoms with E-state index in [1.807, 2.05) is 19.1 Å². The molecule has 1 aliphatic heterocycles. The molecule has 0 saturated carbocycles. The van der Waals surface area contributed by atoms with Crippen LogP contribution in [0.2, 0.25) is 5.02 Å². The van der Waals surface area contributed by atoms with Crippen LogP contribution in [0.5, 0.6) is 5.88 Å². The fraction of sp³-hybridized carbons (Fsp3) is 0.294. The lowest BCUT2D eigenvalue weighted by molar-refractivity contribution is 0.137. The largest absolute Gasteiger partial charge is 0.493 e. The third-order valence-electron chi connectivity index (χ3n) is 4.23. The third kappa shape index (κ3) is 2.78. The smallest absolute Gasteiger partial charge is 0.280 e. The van der Waals surface area contributed by atoms with Gasteiger partial charge in [0.05, 0.1) is 32.0 Å². The molecule has 0 atom stereocenters. The molecule has 0 radical (unpaired) electrons. The highest BCUT2D eigenvalue weighted by molar-refractivity contribution is 7.15. The molecule has 0 aliphatic carbocycles. The van der Waals surface area contributed by atoms with Crippen molar-refractivity contribution >= 4 is 22.9 Å². The fourth-order valence-corrected chi connectivity index (χ4v) is 4.03. The molecule has 130 valence electrons. The van der Waals surface area contributed by atoms with E-state index >= 15 is 0 Å². The Morgan fingerprint density at radius 3 is 2.60 bits per heavy atom. The van der Waals surface area contributed by atoms with Crippen molar-refractivity contribution in [3.05, 3.63) is 44.5 Å². The summed E-state index contributed by atoms with van der Waals surface area (Å²) in [4.78, 5) is 18.3. The van der Waals surface area contributed by atoms with E-state index in [-0.39, 0.29) is 17.0 Å². The molecule has 1 aromatic carbocycles. The van der Waals surface area contributed by atoms with Crippen LogP contribution in [0.25, 0.3) is 21.8 Å². The molecular weight excluding hydrogens is 362 g/mol. The summed E-state index contributed by atoms with van der Waals surface area (Å²) in [5.41, 5.74) is 1.49. The third-order valence-corrected chi connectivity index (χ3v) is 5.50. The maximum atomic E-state index is 12.8. The summed E-state index contributed by atoms with van der Waals surface area (Å²) in [6.45, 7) is 3.68. The minimum atomic E-state index is -0.237. The first-order valence-electron chi connectivity index (χ1n) is 7.90. The summed E-state index contributed by atoms with van der Waals surface area (Å²) < 4.78 is 8.47. The molecule has 3 aromatic rings. The number of aromatic hydroxyl groups is 1. The van der Waals surface area contributed by atoms with Crippen LogP contribution in [0.3, 0.4) is 0 Å². The molecule has 8 heteroatoms. The Labute approximate surface area is 152 Å². The molecule has 3 heterocycles. The van der Waals surface area contributed by atoms with Gasteiger partial charge >= 0.3 is 0 Å². The molecule has 25 heavy (non-hydrogen) atoms. The Balaban J connectivity index is 1.84. The van der Waals surface area contributed by atoms with Crippen molar-refractivity contribution in [3.8, 4) is 27.7 Å². The molecule has 0 amide bonds. The summed E-state index contributed by atoms with van der Waals surface area (Å²) in [7, 11) is 0. The van der Waals surface area contributed by atoms with Gasteiger partial charge in [-0.15, -0.1) is 11.3 Å². The quantitative estimate of drug-likeness (QED) is 0.744. The topological polar surface area (TPSA) is 69.3 Å². The van der Waals surface area contributed by atoms with Crippen molar-refractivity contribution in [3.63, 3.8) is 0 Å². The van der Waals surface area contributed by atoms with E-state index in [1.165, 1.54) is 16.0 Å². The predicted molar refractivity (Wildman–Crippen MR) is 97.5 cm³/mol. The minimum absolute atomic E-state index is 0.0495. The first kappa shape index (κ1) is 16.4. The van der Waals surface area contributed by atoms with Crippen LogP contribution < -0.4 is 5.56 Å². The van der Waals surface area contributed by atoms with Crippen LogP contribution >= 0.6 is 22.9 Å². The number of benzene rings is 1. The van der Waals surface area contributed by atoms with E-state index in [2.05, 4.69) is 4.98 Å². The Hall–Kier alpha value is -2.09. The number of thiazole rings is 1. The highest BCUT2D eigenvalue weighted by Gasteiger charge is 2.26. The van der Waals surface area contributed by atoms with Gasteiger partial charge in [-0.3, -0.25) is 4.79 Å². The van der Waals surface area contributed by atoms with Gasteiger partial charge in [0.1, 0.15) is 10.6 Å². The SMILES string of the molecule is Cc1sc(-c2ccc(Cl)cc2)nc1-c1c(O)n2n(c1=O)CCOCC2. The van der Waals surface area contributed by atoms with E-state index in [1.54, 1.807) is 16.8 Å². The second-order valence-electron chi connectivity index (χ2n) is 5.79. The van der Waals surface area contributed by atoms with E-state index in [0.29, 0.717) is 37.0 Å². The van der Waals surface area contributed by atoms with Crippen molar-refractivity contribution in [2.24, 2.45) is 0 Å². The second-order valence-corrected chi connectivity index (χ2v) is 7.43. The number of hydrogen-bond acceptors (Lipinski definition) is 5. The molecule has 0 spiro atoms. The number of hydrogen-bond donors (Lipinski definition) is 1. The summed E-state index contributed by atoms with van der Waals surface area (Å²) in [5, 5.41) is 12.1. The van der Waals surface area contributed by atoms with Crippen LogP contribution in [-0.4, -0.2) is 32.7 Å². The van der Waals surface area contributed by atoms with Crippen molar-refractivity contribution in [1.82, 2.24) is 14.3 Å². The van der Waals surface area contributed by atoms with Crippen LogP contribution in [0.1, 0.15) is 4.88 Å². The van der Waals surface area contributed by atoms with Gasteiger partial charge in [-0.05, 0) is 19.1 Å². The molecule has 6 nitrogen and oxygen atoms in total. The van der Waals surface area contributed by atoms with Crippen LogP contribution in [0, 0.1) is 6.92 Å². The number of fused-ring (bicyclic) bond motifs is 1. The zero-order chi connectivity index (χ0) is 17.6. The minimum Gasteiger partial charge on any atom is -0.493 e. The van der Waals surface area contributed by atoms with Crippen molar-refractivity contribution in [2.45, 2.75) is 20.0 Å². The van der Waals surface area contributed by atoms with Gasteiger partial charge in [-0.2, -0.15) is 0 Å². The standard InChI is InChI=1S/C17H16ClN3O3S/c1-10-14(19-15(25-10)11-2-4-12(18)5-3-11)13-16(22)20-6-8-24-9-7-21(20)17(13)23/h2-5,22H,6-9H2,1H3. The van der Waals surface area contributed by atoms with Crippen LogP contribution in [-0.2, 0) is 17.8 Å². The predicted octanol–water partition coefficient (Wildman–Crippen LogP) is 3.14. The summed E-state index contributed by atoms with van der Waals surface area (Å²) in [6, 6.07) is 7.40. The number of aryl methyl sites for hydroxylation is 1. The normalized spacial score (nSPS) is 14.3. The molecule has 0 unspecified atom stereocenters. The zero-order valence-corrected chi connectivity index (χ0v) is 15.1. The van der Waals surface area contributed by atoms with Crippen LogP contribution in [0.15, 0.2) is 29.1 Å². The van der Waals surface area contributed by atoms with Crippen molar-refractivity contribution < 1.29 is 9.84 Å². The van der Waals surface area contributed by atoms with E-state index < -0.39 is 0 Å². The number of aromatic nitrogens is 3. The van der Waals surface area contributed by atoms with Gasteiger partial charge in [0, 0.05) is 15.5 Å². The monoisotopic (exact) mass is 377 g/mol. The second kappa shape index (κ2) is 6.33. The Kier molecular flexibility index (Phi) is 4.15. The molecule has 1 N–H and O–H groups in total. The molecule has 2 aromatic heterocycles. The van der Waals surface area contributed by atoms with Crippen molar-refractivity contribution in [1.29, 1.82) is 0 Å². The first-order chi connectivity index (χ1) is 12.1. The molecular formula is C17H16ClN3O3S. The summed E-state index contributed by atoms with van der Waals surface area (Å²) >= 11 is 7.43. The maximum Gasteiger partial charge on any atom is 0.280 e. The number of rotatable bonds is 2. The molecule has 4 rings (SSSR count). The van der Waals surface area contributed by atoms with E-state index in [9.17, 15) is 9.90 Å². The maximum absolute atomic E-state index is 12.8. The zero-order valence-electron chi connectivity index (χ0n) is 13.5. The van der Waals surface area contributed by atoms with Gasteiger partial charge in [-0.25, -0.2) is 14.3 Å². The van der Waals surface area contributed by atoms with Gasteiger partial charge in [0.2, 0.25) is 5.88 Å². The van der Waals surface area contributed by atoms with Gasteiger partial charge in [0.25, 0.3) is 5.56 Å². The van der Waals surface area contributed by atoms with E-state index in [0.717, 1.165) is 15.4 Å². The number of ether oxygens (including phenoxy) is 1. The summed E-state index contributed by atoms with van der Waals surface area (Å²) in [6.07, 6.45) is 0. The number of halogens is 1. The highest BCUT2D eigenvalue weighted by atomic mass is 35.5. The Morgan fingerprint density at radius 2 is 1.88 bits per heavy atom. The lowest BCUT2D eigenvalue weighted by atomic mass is 10.2. The van der Waals surface area contributed by atoms with Gasteiger partial charge < -0.3 is 9.84 Å². The Morgan fingerprint density at radius 1 is 1.20 bits per heavy atom. The number of nitrogens with zero attached hydrogens (tertiary/aromatic N) is 3. The van der Waals surface area contributed by atoms with Crippen LogP contribution in [0.4, 0.5) is 0 Å². The average Bonchev–Trinajstić information content (AvgIpc) is 2.95. The fourth-order valence-electron chi connectivity index (χ4n) is 2.98. The summed E-state index contributed by atoms with van der Waals surface area (Å²) in [5.74, 6) is -0.0495. The van der Waals surface area contributed by atoms with Crippen molar-refractivity contribution in [2.75, 3.05) is 13.2 Å². The first-order valence-corrected chi connectivity index (χ1v) is 9.10. The molecule has 0 saturated heterocycles. The molecule has 1 aliphatic rings. The Bertz CT molecular complexity index is 988. The lowest BCUT2D eigenvalue weighted by Crippen LogP contribution is -2.23. The van der Waals surface area contributed by atoms with Gasteiger partial charge in [0.15, 0.2) is 0 Å². The molecule has 0 bridgehead atoms. The molecule has 0 fully saturated rings. The average molecular weight is 378 g/mol.